The van der Waals surface area contributed by atoms with Gasteiger partial charge >= 0.3 is 0 Å². The molecule has 2 heterocycles. The van der Waals surface area contributed by atoms with Gasteiger partial charge in [0.1, 0.15) is 0 Å². The van der Waals surface area contributed by atoms with E-state index < -0.39 is 9.84 Å². The van der Waals surface area contributed by atoms with Crippen LogP contribution in [0.25, 0.3) is 10.1 Å². The Morgan fingerprint density at radius 2 is 2.17 bits per heavy atom. The summed E-state index contributed by atoms with van der Waals surface area (Å²) in [5.74, 6) is 0.176. The molecule has 0 radical (unpaired) electrons. The van der Waals surface area contributed by atoms with Gasteiger partial charge in [-0.3, -0.25) is 0 Å². The fourth-order valence-corrected chi connectivity index (χ4v) is 4.35. The predicted octanol–water partition coefficient (Wildman–Crippen LogP) is 2.30. The van der Waals surface area contributed by atoms with E-state index in [-0.39, 0.29) is 11.8 Å². The van der Waals surface area contributed by atoms with E-state index in [1.54, 1.807) is 17.4 Å². The molecule has 0 saturated heterocycles. The molecule has 3 nitrogen and oxygen atoms in total. The average molecular weight is 279 g/mol. The van der Waals surface area contributed by atoms with Gasteiger partial charge in [0.25, 0.3) is 0 Å². The summed E-state index contributed by atoms with van der Waals surface area (Å²) in [4.78, 5) is 0. The molecule has 5 heteroatoms. The Hall–Kier alpha value is -1.17. The fraction of sp³-hybridized carbons (Fsp3) is 0.231. The molecule has 1 atom stereocenters. The van der Waals surface area contributed by atoms with Gasteiger partial charge in [0, 0.05) is 22.7 Å². The van der Waals surface area contributed by atoms with Gasteiger partial charge in [0.2, 0.25) is 0 Å². The Morgan fingerprint density at radius 3 is 2.94 bits per heavy atom. The van der Waals surface area contributed by atoms with Gasteiger partial charge in [-0.15, -0.1) is 11.3 Å². The second kappa shape index (κ2) is 4.50. The van der Waals surface area contributed by atoms with E-state index in [4.69, 9.17) is 0 Å². The summed E-state index contributed by atoms with van der Waals surface area (Å²) < 4.78 is 23.8. The van der Waals surface area contributed by atoms with E-state index in [1.807, 2.05) is 12.1 Å². The van der Waals surface area contributed by atoms with Crippen LogP contribution in [0.4, 0.5) is 0 Å². The van der Waals surface area contributed by atoms with Crippen molar-refractivity contribution in [1.82, 2.24) is 5.32 Å². The molecule has 94 valence electrons. The fourth-order valence-electron chi connectivity index (χ4n) is 2.11. The lowest BCUT2D eigenvalue weighted by atomic mass is 10.2. The molecule has 2 aromatic rings. The molecule has 1 aromatic carbocycles. The second-order valence-corrected chi connectivity index (χ2v) is 7.25. The maximum absolute atomic E-state index is 11.3. The Kier molecular flexibility index (Phi) is 2.97. The summed E-state index contributed by atoms with van der Waals surface area (Å²) in [6.45, 7) is 0.703. The SMILES string of the molecule is O=S1(=O)C=CC(NCc2csc3ccccc23)C1. The quantitative estimate of drug-likeness (QED) is 0.937. The molecular weight excluding hydrogens is 266 g/mol. The first-order chi connectivity index (χ1) is 8.64. The molecule has 1 unspecified atom stereocenters. The highest BCUT2D eigenvalue weighted by atomic mass is 32.2. The van der Waals surface area contributed by atoms with E-state index in [2.05, 4.69) is 22.8 Å². The molecule has 0 bridgehead atoms. The van der Waals surface area contributed by atoms with Crippen LogP contribution in [0.1, 0.15) is 5.56 Å². The van der Waals surface area contributed by atoms with Gasteiger partial charge in [-0.1, -0.05) is 24.3 Å². The Bertz CT molecular complexity index is 701. The van der Waals surface area contributed by atoms with Crippen LogP contribution in [0, 0.1) is 0 Å². The number of sulfone groups is 1. The van der Waals surface area contributed by atoms with Crippen molar-refractivity contribution in [2.24, 2.45) is 0 Å². The van der Waals surface area contributed by atoms with E-state index >= 15 is 0 Å². The molecule has 0 spiro atoms. The first-order valence-corrected chi connectivity index (χ1v) is 8.33. The van der Waals surface area contributed by atoms with Gasteiger partial charge in [0.15, 0.2) is 9.84 Å². The number of hydrogen-bond acceptors (Lipinski definition) is 4. The summed E-state index contributed by atoms with van der Waals surface area (Å²) in [5, 5.41) is 7.95. The van der Waals surface area contributed by atoms with Gasteiger partial charge in [-0.2, -0.15) is 0 Å². The first kappa shape index (κ1) is 11.9. The third-order valence-electron chi connectivity index (χ3n) is 3.05. The zero-order valence-corrected chi connectivity index (χ0v) is 11.3. The number of hydrogen-bond donors (Lipinski definition) is 1. The van der Waals surface area contributed by atoms with Gasteiger partial charge < -0.3 is 5.32 Å². The molecule has 0 aliphatic carbocycles. The zero-order chi connectivity index (χ0) is 12.6. The summed E-state index contributed by atoms with van der Waals surface area (Å²) >= 11 is 1.72. The highest BCUT2D eigenvalue weighted by molar-refractivity contribution is 7.94. The molecule has 18 heavy (non-hydrogen) atoms. The highest BCUT2D eigenvalue weighted by Crippen LogP contribution is 2.25. The van der Waals surface area contributed by atoms with Gasteiger partial charge in [-0.05, 0) is 22.4 Å². The lowest BCUT2D eigenvalue weighted by Crippen LogP contribution is -2.29. The van der Waals surface area contributed by atoms with Crippen LogP contribution in [-0.4, -0.2) is 20.2 Å². The highest BCUT2D eigenvalue weighted by Gasteiger charge is 2.21. The number of nitrogens with one attached hydrogen (secondary N) is 1. The normalized spacial score (nSPS) is 21.7. The van der Waals surface area contributed by atoms with Crippen molar-refractivity contribution in [2.45, 2.75) is 12.6 Å². The number of fused-ring (bicyclic) bond motifs is 1. The third kappa shape index (κ3) is 2.34. The molecule has 1 N–H and O–H groups in total. The van der Waals surface area contributed by atoms with Crippen molar-refractivity contribution in [2.75, 3.05) is 5.75 Å². The summed E-state index contributed by atoms with van der Waals surface area (Å²) in [6.07, 6.45) is 1.73. The minimum absolute atomic E-state index is 0.0614. The van der Waals surface area contributed by atoms with E-state index in [0.717, 1.165) is 0 Å². The standard InChI is InChI=1S/C13H13NO2S2/c15-18(16)6-5-11(9-18)14-7-10-8-17-13-4-2-1-3-12(10)13/h1-6,8,11,14H,7,9H2. The largest absolute Gasteiger partial charge is 0.305 e. The molecule has 1 aromatic heterocycles. The lowest BCUT2D eigenvalue weighted by molar-refractivity contribution is 0.591. The number of benzene rings is 1. The number of thiophene rings is 1. The molecule has 0 fully saturated rings. The van der Waals surface area contributed by atoms with Crippen molar-refractivity contribution in [3.63, 3.8) is 0 Å². The summed E-state index contributed by atoms with van der Waals surface area (Å²) in [5.41, 5.74) is 1.23. The van der Waals surface area contributed by atoms with Gasteiger partial charge in [0.05, 0.1) is 5.75 Å². The van der Waals surface area contributed by atoms with Crippen LogP contribution in [-0.2, 0) is 16.4 Å². The van der Waals surface area contributed by atoms with E-state index in [0.29, 0.717) is 6.54 Å². The minimum atomic E-state index is -2.97. The van der Waals surface area contributed by atoms with Crippen LogP contribution in [0.15, 0.2) is 41.1 Å². The van der Waals surface area contributed by atoms with Crippen molar-refractivity contribution in [1.29, 1.82) is 0 Å². The van der Waals surface area contributed by atoms with Crippen LogP contribution in [0.5, 0.6) is 0 Å². The van der Waals surface area contributed by atoms with Crippen LogP contribution >= 0.6 is 11.3 Å². The van der Waals surface area contributed by atoms with Crippen LogP contribution in [0.3, 0.4) is 0 Å². The van der Waals surface area contributed by atoms with Crippen molar-refractivity contribution < 1.29 is 8.42 Å². The molecule has 1 aliphatic rings. The first-order valence-electron chi connectivity index (χ1n) is 5.73. The van der Waals surface area contributed by atoms with Gasteiger partial charge in [-0.25, -0.2) is 8.42 Å². The average Bonchev–Trinajstić information content (AvgIpc) is 2.90. The third-order valence-corrected chi connectivity index (χ3v) is 5.45. The van der Waals surface area contributed by atoms with Crippen LogP contribution < -0.4 is 5.32 Å². The Morgan fingerprint density at radius 1 is 1.33 bits per heavy atom. The predicted molar refractivity (Wildman–Crippen MR) is 75.4 cm³/mol. The molecule has 3 rings (SSSR count). The number of rotatable bonds is 3. The topological polar surface area (TPSA) is 46.2 Å². The Labute approximate surface area is 110 Å². The van der Waals surface area contributed by atoms with Crippen molar-refractivity contribution in [3.05, 3.63) is 46.7 Å². The smallest absolute Gasteiger partial charge is 0.173 e. The van der Waals surface area contributed by atoms with E-state index in [1.165, 1.54) is 21.1 Å². The molecule has 1 aliphatic heterocycles. The minimum Gasteiger partial charge on any atom is -0.305 e. The zero-order valence-electron chi connectivity index (χ0n) is 9.67. The maximum Gasteiger partial charge on any atom is 0.173 e. The van der Waals surface area contributed by atoms with Crippen molar-refractivity contribution >= 4 is 31.3 Å². The monoisotopic (exact) mass is 279 g/mol. The van der Waals surface area contributed by atoms with Crippen molar-refractivity contribution in [3.8, 4) is 0 Å². The molecule has 0 saturated carbocycles. The maximum atomic E-state index is 11.3. The molecular formula is C13H13NO2S2. The van der Waals surface area contributed by atoms with E-state index in [9.17, 15) is 8.42 Å². The summed E-state index contributed by atoms with van der Waals surface area (Å²) in [7, 11) is -2.97. The van der Waals surface area contributed by atoms with Crippen LogP contribution in [0.2, 0.25) is 0 Å². The lowest BCUT2D eigenvalue weighted by Gasteiger charge is -2.08. The molecule has 0 amide bonds. The second-order valence-electron chi connectivity index (χ2n) is 4.40. The Balaban J connectivity index is 1.73. The summed E-state index contributed by atoms with van der Waals surface area (Å²) in [6, 6.07) is 8.20.